The zero-order valence-electron chi connectivity index (χ0n) is 10.4. The molecule has 0 spiro atoms. The highest BCUT2D eigenvalue weighted by Gasteiger charge is 2.08. The van der Waals surface area contributed by atoms with Crippen molar-refractivity contribution in [1.82, 2.24) is 4.98 Å². The van der Waals surface area contributed by atoms with Gasteiger partial charge in [-0.25, -0.2) is 0 Å². The van der Waals surface area contributed by atoms with Gasteiger partial charge >= 0.3 is 0 Å². The normalized spacial score (nSPS) is 9.95. The Morgan fingerprint density at radius 2 is 2.16 bits per heavy atom. The second kappa shape index (κ2) is 5.89. The number of rotatable bonds is 3. The number of nitrogens with zero attached hydrogens (tertiary/aromatic N) is 2. The van der Waals surface area contributed by atoms with Crippen molar-refractivity contribution in [2.45, 2.75) is 13.5 Å². The molecule has 2 rings (SSSR count). The Morgan fingerprint density at radius 1 is 1.37 bits per heavy atom. The van der Waals surface area contributed by atoms with Crippen LogP contribution in [0.4, 0.5) is 5.69 Å². The van der Waals surface area contributed by atoms with Crippen LogP contribution >= 0.6 is 22.6 Å². The van der Waals surface area contributed by atoms with E-state index in [1.165, 1.54) is 0 Å². The molecule has 2 N–H and O–H groups in total. The number of aryl methyl sites for hydroxylation is 1. The molecule has 0 amide bonds. The van der Waals surface area contributed by atoms with Gasteiger partial charge in [0, 0.05) is 18.0 Å². The van der Waals surface area contributed by atoms with Crippen molar-refractivity contribution >= 4 is 28.3 Å². The first-order valence-corrected chi connectivity index (χ1v) is 6.70. The third-order valence-corrected chi connectivity index (χ3v) is 3.32. The van der Waals surface area contributed by atoms with Gasteiger partial charge in [-0.3, -0.25) is 4.98 Å². The van der Waals surface area contributed by atoms with E-state index in [-0.39, 0.29) is 0 Å². The Balaban J connectivity index is 2.18. The fourth-order valence-corrected chi connectivity index (χ4v) is 2.49. The summed E-state index contributed by atoms with van der Waals surface area (Å²) in [6, 6.07) is 7.45. The van der Waals surface area contributed by atoms with Crippen molar-refractivity contribution in [1.29, 1.82) is 5.26 Å². The van der Waals surface area contributed by atoms with E-state index in [9.17, 15) is 0 Å². The van der Waals surface area contributed by atoms with Crippen LogP contribution in [0, 0.1) is 21.8 Å². The summed E-state index contributed by atoms with van der Waals surface area (Å²) in [4.78, 5) is 4.11. The Morgan fingerprint density at radius 3 is 2.79 bits per heavy atom. The van der Waals surface area contributed by atoms with Crippen LogP contribution in [0.5, 0.6) is 5.75 Å². The summed E-state index contributed by atoms with van der Waals surface area (Å²) in [5, 5.41) is 8.86. The van der Waals surface area contributed by atoms with Gasteiger partial charge in [0.05, 0.1) is 20.9 Å². The molecule has 0 aliphatic rings. The number of pyridine rings is 1. The molecule has 2 aromatic rings. The first-order valence-electron chi connectivity index (χ1n) is 5.62. The number of nitrogen functional groups attached to an aromatic ring is 1. The summed E-state index contributed by atoms with van der Waals surface area (Å²) < 4.78 is 6.55. The van der Waals surface area contributed by atoms with Gasteiger partial charge in [-0.15, -0.1) is 0 Å². The average molecular weight is 365 g/mol. The Labute approximate surface area is 125 Å². The molecule has 0 radical (unpaired) electrons. The van der Waals surface area contributed by atoms with Crippen LogP contribution in [0.15, 0.2) is 30.6 Å². The maximum absolute atomic E-state index is 8.86. The van der Waals surface area contributed by atoms with Crippen molar-refractivity contribution in [3.8, 4) is 11.8 Å². The van der Waals surface area contributed by atoms with Crippen LogP contribution in [0.25, 0.3) is 0 Å². The fourth-order valence-electron chi connectivity index (χ4n) is 1.68. The summed E-state index contributed by atoms with van der Waals surface area (Å²) in [7, 11) is 0. The molecule has 1 aromatic heterocycles. The van der Waals surface area contributed by atoms with E-state index in [0.717, 1.165) is 14.7 Å². The molecule has 5 heteroatoms. The highest BCUT2D eigenvalue weighted by Crippen LogP contribution is 2.30. The molecule has 0 saturated carbocycles. The van der Waals surface area contributed by atoms with Gasteiger partial charge in [0.15, 0.2) is 5.75 Å². The third kappa shape index (κ3) is 3.35. The van der Waals surface area contributed by atoms with Crippen LogP contribution in [0.3, 0.4) is 0 Å². The summed E-state index contributed by atoms with van der Waals surface area (Å²) in [5.74, 6) is 0.612. The van der Waals surface area contributed by atoms with E-state index in [4.69, 9.17) is 15.7 Å². The van der Waals surface area contributed by atoms with E-state index in [1.807, 2.05) is 13.0 Å². The Kier molecular flexibility index (Phi) is 4.22. The van der Waals surface area contributed by atoms with E-state index in [1.54, 1.807) is 24.5 Å². The lowest BCUT2D eigenvalue weighted by Crippen LogP contribution is -2.02. The molecule has 0 bridgehead atoms. The minimum Gasteiger partial charge on any atom is -0.486 e. The van der Waals surface area contributed by atoms with Gasteiger partial charge in [0.1, 0.15) is 6.61 Å². The Bertz CT molecular complexity index is 626. The lowest BCUT2D eigenvalue weighted by Gasteiger charge is -2.11. The minimum absolute atomic E-state index is 0.404. The van der Waals surface area contributed by atoms with Gasteiger partial charge in [-0.1, -0.05) is 0 Å². The number of ether oxygens (including phenoxy) is 1. The molecule has 0 fully saturated rings. The molecule has 0 aliphatic heterocycles. The highest BCUT2D eigenvalue weighted by molar-refractivity contribution is 14.1. The number of anilines is 1. The molecule has 4 nitrogen and oxygen atoms in total. The Hall–Kier alpha value is -1.81. The number of halogens is 1. The lowest BCUT2D eigenvalue weighted by molar-refractivity contribution is 0.305. The monoisotopic (exact) mass is 365 g/mol. The van der Waals surface area contributed by atoms with E-state index in [2.05, 4.69) is 33.6 Å². The molecule has 1 aromatic carbocycles. The maximum Gasteiger partial charge on any atom is 0.156 e. The van der Waals surface area contributed by atoms with Crippen LogP contribution in [-0.2, 0) is 6.61 Å². The molecule has 0 saturated heterocycles. The molecular formula is C14H12IN3O. The molecular weight excluding hydrogens is 353 g/mol. The van der Waals surface area contributed by atoms with Gasteiger partial charge in [0.2, 0.25) is 0 Å². The smallest absolute Gasteiger partial charge is 0.156 e. The zero-order valence-corrected chi connectivity index (χ0v) is 12.5. The molecule has 0 atom stereocenters. The number of aromatic nitrogens is 1. The van der Waals surface area contributed by atoms with E-state index < -0.39 is 0 Å². The van der Waals surface area contributed by atoms with Crippen LogP contribution in [0.1, 0.15) is 16.7 Å². The third-order valence-electron chi connectivity index (χ3n) is 2.52. The van der Waals surface area contributed by atoms with Gasteiger partial charge in [-0.05, 0) is 53.3 Å². The average Bonchev–Trinajstić information content (AvgIpc) is 2.37. The maximum atomic E-state index is 8.86. The largest absolute Gasteiger partial charge is 0.486 e. The quantitative estimate of drug-likeness (QED) is 0.671. The summed E-state index contributed by atoms with van der Waals surface area (Å²) in [6.07, 6.45) is 3.56. The minimum atomic E-state index is 0.404. The topological polar surface area (TPSA) is 71.9 Å². The van der Waals surface area contributed by atoms with Crippen molar-refractivity contribution in [3.05, 3.63) is 50.9 Å². The second-order valence-corrected chi connectivity index (χ2v) is 5.31. The molecule has 96 valence electrons. The second-order valence-electron chi connectivity index (χ2n) is 4.15. The SMILES string of the molecule is Cc1cncc(COc2c(N)cc(C#N)cc2I)c1. The van der Waals surface area contributed by atoms with Crippen molar-refractivity contribution in [2.24, 2.45) is 0 Å². The number of hydrogen-bond donors (Lipinski definition) is 1. The van der Waals surface area contributed by atoms with Crippen molar-refractivity contribution < 1.29 is 4.74 Å². The number of nitriles is 1. The van der Waals surface area contributed by atoms with Crippen LogP contribution < -0.4 is 10.5 Å². The number of hydrogen-bond acceptors (Lipinski definition) is 4. The highest BCUT2D eigenvalue weighted by atomic mass is 127. The number of benzene rings is 1. The molecule has 0 unspecified atom stereocenters. The van der Waals surface area contributed by atoms with E-state index >= 15 is 0 Å². The lowest BCUT2D eigenvalue weighted by atomic mass is 10.2. The number of nitrogens with two attached hydrogens (primary N) is 1. The predicted octanol–water partition coefficient (Wildman–Crippen LogP) is 3.03. The first kappa shape index (κ1) is 13.6. The molecule has 19 heavy (non-hydrogen) atoms. The van der Waals surface area contributed by atoms with Gasteiger partial charge < -0.3 is 10.5 Å². The zero-order chi connectivity index (χ0) is 13.8. The van der Waals surface area contributed by atoms with Crippen molar-refractivity contribution in [3.63, 3.8) is 0 Å². The fraction of sp³-hybridized carbons (Fsp3) is 0.143. The molecule has 1 heterocycles. The van der Waals surface area contributed by atoms with Crippen LogP contribution in [-0.4, -0.2) is 4.98 Å². The summed E-state index contributed by atoms with van der Waals surface area (Å²) in [5.41, 5.74) is 8.98. The summed E-state index contributed by atoms with van der Waals surface area (Å²) >= 11 is 2.11. The first-order chi connectivity index (χ1) is 9.10. The predicted molar refractivity (Wildman–Crippen MR) is 81.6 cm³/mol. The van der Waals surface area contributed by atoms with E-state index in [0.29, 0.717) is 23.6 Å². The van der Waals surface area contributed by atoms with Crippen LogP contribution in [0.2, 0.25) is 0 Å². The van der Waals surface area contributed by atoms with Gasteiger partial charge in [-0.2, -0.15) is 5.26 Å². The molecule has 0 aliphatic carbocycles. The van der Waals surface area contributed by atoms with Crippen molar-refractivity contribution in [2.75, 3.05) is 5.73 Å². The summed E-state index contributed by atoms with van der Waals surface area (Å²) in [6.45, 7) is 2.39. The van der Waals surface area contributed by atoms with Gasteiger partial charge in [0.25, 0.3) is 0 Å². The standard InChI is InChI=1S/C14H12IN3O/c1-9-2-11(7-18-6-9)8-19-14-12(15)3-10(5-16)4-13(14)17/h2-4,6-7H,8,17H2,1H3.